The Morgan fingerprint density at radius 1 is 1.39 bits per heavy atom. The van der Waals surface area contributed by atoms with Gasteiger partial charge < -0.3 is 15.6 Å². The fraction of sp³-hybridized carbons (Fsp3) is 0.571. The Morgan fingerprint density at radius 2 is 2.00 bits per heavy atom. The van der Waals surface area contributed by atoms with Gasteiger partial charge in [-0.15, -0.1) is 0 Å². The summed E-state index contributed by atoms with van der Waals surface area (Å²) in [5, 5.41) is 10.2. The van der Waals surface area contributed by atoms with Crippen LogP contribution in [0.25, 0.3) is 0 Å². The standard InChI is InChI=1S/C14H22BrNO2/c1-14(2,3)13(16)8-11(17)9-5-6-12(18-4)10(15)7-9/h5-7,11,13,17H,8,16H2,1-4H3/t11-,13+/m0/s1. The molecular weight excluding hydrogens is 294 g/mol. The minimum atomic E-state index is -0.554. The van der Waals surface area contributed by atoms with Crippen LogP contribution in [0, 0.1) is 5.41 Å². The quantitative estimate of drug-likeness (QED) is 0.896. The van der Waals surface area contributed by atoms with E-state index in [1.54, 1.807) is 7.11 Å². The van der Waals surface area contributed by atoms with Gasteiger partial charge >= 0.3 is 0 Å². The van der Waals surface area contributed by atoms with Crippen molar-refractivity contribution in [2.75, 3.05) is 7.11 Å². The molecule has 0 heterocycles. The zero-order chi connectivity index (χ0) is 13.9. The first-order chi connectivity index (χ1) is 8.25. The molecule has 0 aliphatic carbocycles. The van der Waals surface area contributed by atoms with Gasteiger partial charge in [0.05, 0.1) is 17.7 Å². The number of nitrogens with two attached hydrogens (primary N) is 1. The van der Waals surface area contributed by atoms with Crippen molar-refractivity contribution in [1.29, 1.82) is 0 Å². The molecule has 1 aromatic carbocycles. The maximum Gasteiger partial charge on any atom is 0.133 e. The minimum absolute atomic E-state index is 0.00924. The van der Waals surface area contributed by atoms with Crippen LogP contribution in [-0.4, -0.2) is 18.3 Å². The predicted molar refractivity (Wildman–Crippen MR) is 77.7 cm³/mol. The van der Waals surface area contributed by atoms with Crippen molar-refractivity contribution in [2.24, 2.45) is 11.1 Å². The molecule has 0 fully saturated rings. The van der Waals surface area contributed by atoms with Crippen molar-refractivity contribution in [1.82, 2.24) is 0 Å². The summed E-state index contributed by atoms with van der Waals surface area (Å²) in [5.41, 5.74) is 6.93. The number of benzene rings is 1. The highest BCUT2D eigenvalue weighted by Crippen LogP contribution is 2.31. The van der Waals surface area contributed by atoms with Gasteiger partial charge in [0.2, 0.25) is 0 Å². The van der Waals surface area contributed by atoms with Crippen LogP contribution < -0.4 is 10.5 Å². The lowest BCUT2D eigenvalue weighted by molar-refractivity contribution is 0.133. The van der Waals surface area contributed by atoms with Crippen LogP contribution in [0.3, 0.4) is 0 Å². The van der Waals surface area contributed by atoms with E-state index in [0.29, 0.717) is 6.42 Å². The summed E-state index contributed by atoms with van der Waals surface area (Å²) in [4.78, 5) is 0. The molecule has 18 heavy (non-hydrogen) atoms. The second kappa shape index (κ2) is 6.04. The Kier molecular flexibility index (Phi) is 5.20. The molecule has 2 atom stereocenters. The molecule has 1 aromatic rings. The number of ether oxygens (including phenoxy) is 1. The number of aliphatic hydroxyl groups excluding tert-OH is 1. The molecule has 1 rings (SSSR count). The van der Waals surface area contributed by atoms with E-state index in [4.69, 9.17) is 10.5 Å². The van der Waals surface area contributed by atoms with Crippen LogP contribution in [-0.2, 0) is 0 Å². The average Bonchev–Trinajstić information content (AvgIpc) is 2.27. The van der Waals surface area contributed by atoms with Crippen molar-refractivity contribution in [3.63, 3.8) is 0 Å². The van der Waals surface area contributed by atoms with E-state index < -0.39 is 6.10 Å². The molecule has 0 unspecified atom stereocenters. The van der Waals surface area contributed by atoms with Gasteiger partial charge in [-0.2, -0.15) is 0 Å². The fourth-order valence-corrected chi connectivity index (χ4v) is 2.18. The SMILES string of the molecule is COc1ccc([C@@H](O)C[C@@H](N)C(C)(C)C)cc1Br. The third-order valence-corrected chi connectivity index (χ3v) is 3.77. The Morgan fingerprint density at radius 3 is 2.44 bits per heavy atom. The lowest BCUT2D eigenvalue weighted by Gasteiger charge is -2.29. The summed E-state index contributed by atoms with van der Waals surface area (Å²) >= 11 is 3.41. The van der Waals surface area contributed by atoms with Crippen LogP contribution in [0.15, 0.2) is 22.7 Å². The van der Waals surface area contributed by atoms with Crippen LogP contribution in [0.1, 0.15) is 38.9 Å². The average molecular weight is 316 g/mol. The molecule has 102 valence electrons. The summed E-state index contributed by atoms with van der Waals surface area (Å²) in [6, 6.07) is 5.53. The number of halogens is 1. The summed E-state index contributed by atoms with van der Waals surface area (Å²) in [5.74, 6) is 0.756. The molecule has 0 bridgehead atoms. The van der Waals surface area contributed by atoms with Gasteiger partial charge in [-0.1, -0.05) is 26.8 Å². The maximum atomic E-state index is 10.2. The van der Waals surface area contributed by atoms with E-state index in [0.717, 1.165) is 15.8 Å². The zero-order valence-electron chi connectivity index (χ0n) is 11.4. The van der Waals surface area contributed by atoms with E-state index in [9.17, 15) is 5.11 Å². The van der Waals surface area contributed by atoms with Gasteiger partial charge in [-0.3, -0.25) is 0 Å². The van der Waals surface area contributed by atoms with Gasteiger partial charge in [-0.05, 0) is 45.5 Å². The summed E-state index contributed by atoms with van der Waals surface area (Å²) < 4.78 is 6.00. The summed E-state index contributed by atoms with van der Waals surface area (Å²) in [7, 11) is 1.62. The van der Waals surface area contributed by atoms with Crippen LogP contribution in [0.4, 0.5) is 0 Å². The van der Waals surface area contributed by atoms with Crippen molar-refractivity contribution >= 4 is 15.9 Å². The third-order valence-electron chi connectivity index (χ3n) is 3.15. The van der Waals surface area contributed by atoms with Gasteiger partial charge in [-0.25, -0.2) is 0 Å². The molecule has 3 nitrogen and oxygen atoms in total. The maximum absolute atomic E-state index is 10.2. The minimum Gasteiger partial charge on any atom is -0.496 e. The van der Waals surface area contributed by atoms with E-state index in [1.165, 1.54) is 0 Å². The smallest absolute Gasteiger partial charge is 0.133 e. The first-order valence-corrected chi connectivity index (χ1v) is 6.82. The van der Waals surface area contributed by atoms with Crippen molar-refractivity contribution in [2.45, 2.75) is 39.3 Å². The van der Waals surface area contributed by atoms with Crippen molar-refractivity contribution in [3.8, 4) is 5.75 Å². The first-order valence-electron chi connectivity index (χ1n) is 6.02. The highest BCUT2D eigenvalue weighted by atomic mass is 79.9. The lowest BCUT2D eigenvalue weighted by atomic mass is 9.83. The van der Waals surface area contributed by atoms with Crippen LogP contribution in [0.5, 0.6) is 5.75 Å². The largest absolute Gasteiger partial charge is 0.496 e. The third kappa shape index (κ3) is 3.97. The van der Waals surface area contributed by atoms with Crippen LogP contribution >= 0.6 is 15.9 Å². The molecule has 0 aliphatic heterocycles. The van der Waals surface area contributed by atoms with Gasteiger partial charge in [0, 0.05) is 6.04 Å². The van der Waals surface area contributed by atoms with Gasteiger partial charge in [0.15, 0.2) is 0 Å². The second-order valence-electron chi connectivity index (χ2n) is 5.62. The number of aliphatic hydroxyl groups is 1. The predicted octanol–water partition coefficient (Wildman–Crippen LogP) is 3.25. The number of rotatable bonds is 4. The van der Waals surface area contributed by atoms with E-state index in [1.807, 2.05) is 18.2 Å². The number of methoxy groups -OCH3 is 1. The van der Waals surface area contributed by atoms with Crippen molar-refractivity contribution in [3.05, 3.63) is 28.2 Å². The molecule has 0 radical (unpaired) electrons. The Balaban J connectivity index is 2.79. The Bertz CT molecular complexity index is 401. The Labute approximate surface area is 117 Å². The number of hydrogen-bond donors (Lipinski definition) is 2. The zero-order valence-corrected chi connectivity index (χ0v) is 13.0. The molecule has 0 amide bonds. The van der Waals surface area contributed by atoms with Gasteiger partial charge in [0.1, 0.15) is 5.75 Å². The number of hydrogen-bond acceptors (Lipinski definition) is 3. The normalized spacial score (nSPS) is 15.3. The van der Waals surface area contributed by atoms with E-state index in [2.05, 4.69) is 36.7 Å². The molecule has 3 N–H and O–H groups in total. The topological polar surface area (TPSA) is 55.5 Å². The molecule has 0 aromatic heterocycles. The Hall–Kier alpha value is -0.580. The highest BCUT2D eigenvalue weighted by molar-refractivity contribution is 9.10. The monoisotopic (exact) mass is 315 g/mol. The second-order valence-corrected chi connectivity index (χ2v) is 6.47. The van der Waals surface area contributed by atoms with Crippen molar-refractivity contribution < 1.29 is 9.84 Å². The molecule has 4 heteroatoms. The van der Waals surface area contributed by atoms with Crippen LogP contribution in [0.2, 0.25) is 0 Å². The van der Waals surface area contributed by atoms with Gasteiger partial charge in [0.25, 0.3) is 0 Å². The molecule has 0 spiro atoms. The molecule has 0 saturated heterocycles. The summed E-state index contributed by atoms with van der Waals surface area (Å²) in [6.45, 7) is 6.23. The molecular formula is C14H22BrNO2. The lowest BCUT2D eigenvalue weighted by Crippen LogP contribution is -2.36. The molecule has 0 aliphatic rings. The highest BCUT2D eigenvalue weighted by Gasteiger charge is 2.24. The van der Waals surface area contributed by atoms with E-state index in [-0.39, 0.29) is 11.5 Å². The first kappa shape index (κ1) is 15.5. The van der Waals surface area contributed by atoms with E-state index >= 15 is 0 Å². The summed E-state index contributed by atoms with van der Waals surface area (Å²) in [6.07, 6.45) is -0.0103. The fourth-order valence-electron chi connectivity index (χ4n) is 1.62. The molecule has 0 saturated carbocycles.